The predicted octanol–water partition coefficient (Wildman–Crippen LogP) is 3.61. The molecular weight excluding hydrogens is 388 g/mol. The van der Waals surface area contributed by atoms with Crippen molar-refractivity contribution in [1.82, 2.24) is 24.3 Å². The molecule has 1 aliphatic rings. The number of nitrogens with zero attached hydrogens (tertiary/aromatic N) is 4. The number of pyridine rings is 1. The third-order valence-electron chi connectivity index (χ3n) is 5.74. The van der Waals surface area contributed by atoms with Crippen LogP contribution in [0.2, 0.25) is 0 Å². The van der Waals surface area contributed by atoms with E-state index in [1.165, 1.54) is 18.5 Å². The zero-order valence-electron chi connectivity index (χ0n) is 16.5. The summed E-state index contributed by atoms with van der Waals surface area (Å²) in [6, 6.07) is 4.23. The zero-order valence-corrected chi connectivity index (χ0v) is 16.5. The number of rotatable bonds is 2. The van der Waals surface area contributed by atoms with Gasteiger partial charge in [-0.25, -0.2) is 18.7 Å². The molecule has 0 aliphatic carbocycles. The lowest BCUT2D eigenvalue weighted by Crippen LogP contribution is -2.26. The first-order valence-corrected chi connectivity index (χ1v) is 10.1. The Morgan fingerprint density at radius 2 is 1.90 bits per heavy atom. The van der Waals surface area contributed by atoms with Crippen molar-refractivity contribution in [2.45, 2.75) is 32.2 Å². The zero-order chi connectivity index (χ0) is 20.8. The molecule has 1 atom stereocenters. The third kappa shape index (κ3) is 3.17. The Balaban J connectivity index is 1.62. The van der Waals surface area contributed by atoms with E-state index in [2.05, 4.69) is 15.3 Å². The topological polar surface area (TPSA) is 64.2 Å². The molecule has 4 heterocycles. The summed E-state index contributed by atoms with van der Waals surface area (Å²) in [6.07, 6.45) is 7.52. The number of hydrogen-bond donors (Lipinski definition) is 1. The van der Waals surface area contributed by atoms with Crippen LogP contribution in [0.4, 0.5) is 8.78 Å². The summed E-state index contributed by atoms with van der Waals surface area (Å²) in [5.41, 5.74) is 1.74. The van der Waals surface area contributed by atoms with Gasteiger partial charge in [0.2, 0.25) is 0 Å². The van der Waals surface area contributed by atoms with E-state index in [4.69, 9.17) is 0 Å². The van der Waals surface area contributed by atoms with E-state index in [0.717, 1.165) is 32.4 Å². The number of nitrogens with one attached hydrogen (secondary N) is 1. The summed E-state index contributed by atoms with van der Waals surface area (Å²) in [4.78, 5) is 21.5. The Morgan fingerprint density at radius 1 is 1.07 bits per heavy atom. The maximum Gasteiger partial charge on any atom is 0.264 e. The lowest BCUT2D eigenvalue weighted by atomic mass is 10.0. The van der Waals surface area contributed by atoms with Crippen LogP contribution in [0.25, 0.3) is 27.7 Å². The van der Waals surface area contributed by atoms with E-state index >= 15 is 4.39 Å². The van der Waals surface area contributed by atoms with Crippen molar-refractivity contribution in [2.75, 3.05) is 13.1 Å². The number of benzene rings is 1. The molecule has 1 aromatic carbocycles. The summed E-state index contributed by atoms with van der Waals surface area (Å²) in [7, 11) is 0. The van der Waals surface area contributed by atoms with Gasteiger partial charge in [0, 0.05) is 24.0 Å². The largest absolute Gasteiger partial charge is 0.317 e. The van der Waals surface area contributed by atoms with Crippen molar-refractivity contribution in [1.29, 1.82) is 0 Å². The van der Waals surface area contributed by atoms with Crippen LogP contribution >= 0.6 is 0 Å². The van der Waals surface area contributed by atoms with E-state index in [9.17, 15) is 9.18 Å². The lowest BCUT2D eigenvalue weighted by Gasteiger charge is -2.17. The van der Waals surface area contributed by atoms with E-state index in [1.807, 2.05) is 0 Å². The van der Waals surface area contributed by atoms with Crippen LogP contribution in [0.15, 0.2) is 41.7 Å². The number of aryl methyl sites for hydroxylation is 1. The van der Waals surface area contributed by atoms with Crippen LogP contribution in [0, 0.1) is 18.6 Å². The minimum atomic E-state index is -0.650. The normalized spacial score (nSPS) is 17.5. The van der Waals surface area contributed by atoms with Gasteiger partial charge in [-0.05, 0) is 63.0 Å². The SMILES string of the molecule is Cc1cn2cc(-c3cc(F)c4c(=O)n(C5CCCNCC5)cnc4c3)cc(F)c2n1. The Morgan fingerprint density at radius 3 is 2.77 bits per heavy atom. The molecule has 1 N–H and O–H groups in total. The molecule has 0 spiro atoms. The van der Waals surface area contributed by atoms with Crippen molar-refractivity contribution in [2.24, 2.45) is 0 Å². The standard InChI is InChI=1S/C22H21F2N5O/c1-13-10-28-11-15(8-18(24)21(28)27-13)14-7-17(23)20-19(9-14)26-12-29(22(20)30)16-3-2-5-25-6-4-16/h7-12,16,25H,2-6H2,1H3. The van der Waals surface area contributed by atoms with Crippen LogP contribution in [0.3, 0.4) is 0 Å². The van der Waals surface area contributed by atoms with E-state index in [1.54, 1.807) is 34.4 Å². The molecule has 1 saturated heterocycles. The smallest absolute Gasteiger partial charge is 0.264 e. The van der Waals surface area contributed by atoms with Crippen LogP contribution in [-0.2, 0) is 0 Å². The fourth-order valence-electron chi connectivity index (χ4n) is 4.25. The van der Waals surface area contributed by atoms with Crippen molar-refractivity contribution >= 4 is 16.6 Å². The van der Waals surface area contributed by atoms with Gasteiger partial charge in [0.1, 0.15) is 11.2 Å². The Kier molecular flexibility index (Phi) is 4.58. The van der Waals surface area contributed by atoms with Gasteiger partial charge in [0.15, 0.2) is 11.5 Å². The minimum Gasteiger partial charge on any atom is -0.317 e. The molecule has 154 valence electrons. The van der Waals surface area contributed by atoms with E-state index < -0.39 is 11.6 Å². The second-order valence-electron chi connectivity index (χ2n) is 7.83. The Labute approximate surface area is 171 Å². The molecule has 1 fully saturated rings. The predicted molar refractivity (Wildman–Crippen MR) is 111 cm³/mol. The summed E-state index contributed by atoms with van der Waals surface area (Å²) in [5, 5.41) is 3.28. The number of fused-ring (bicyclic) bond motifs is 2. The summed E-state index contributed by atoms with van der Waals surface area (Å²) in [6.45, 7) is 3.51. The molecule has 0 radical (unpaired) electrons. The van der Waals surface area contributed by atoms with Crippen LogP contribution in [0.5, 0.6) is 0 Å². The number of halogens is 2. The molecule has 0 saturated carbocycles. The fraction of sp³-hybridized carbons (Fsp3) is 0.318. The molecule has 1 unspecified atom stereocenters. The molecule has 6 nitrogen and oxygen atoms in total. The maximum atomic E-state index is 15.1. The third-order valence-corrected chi connectivity index (χ3v) is 5.74. The van der Waals surface area contributed by atoms with Gasteiger partial charge in [-0.1, -0.05) is 0 Å². The van der Waals surface area contributed by atoms with Gasteiger partial charge in [0.25, 0.3) is 5.56 Å². The number of hydrogen-bond acceptors (Lipinski definition) is 4. The van der Waals surface area contributed by atoms with Crippen molar-refractivity contribution < 1.29 is 8.78 Å². The van der Waals surface area contributed by atoms with Gasteiger partial charge >= 0.3 is 0 Å². The van der Waals surface area contributed by atoms with E-state index in [-0.39, 0.29) is 28.2 Å². The average Bonchev–Trinajstić information content (AvgIpc) is 2.91. The molecule has 30 heavy (non-hydrogen) atoms. The highest BCUT2D eigenvalue weighted by Crippen LogP contribution is 2.27. The molecule has 3 aromatic heterocycles. The summed E-state index contributed by atoms with van der Waals surface area (Å²) in [5.74, 6) is -1.14. The summed E-state index contributed by atoms with van der Waals surface area (Å²) < 4.78 is 32.7. The van der Waals surface area contributed by atoms with Crippen LogP contribution < -0.4 is 10.9 Å². The Bertz CT molecular complexity index is 1320. The van der Waals surface area contributed by atoms with E-state index in [0.29, 0.717) is 16.8 Å². The molecular formula is C22H21F2N5O. The average molecular weight is 409 g/mol. The number of imidazole rings is 1. The Hall–Kier alpha value is -3.13. The quantitative estimate of drug-likeness (QED) is 0.549. The highest BCUT2D eigenvalue weighted by atomic mass is 19.1. The van der Waals surface area contributed by atoms with Gasteiger partial charge in [-0.3, -0.25) is 9.36 Å². The monoisotopic (exact) mass is 409 g/mol. The molecule has 4 aromatic rings. The van der Waals surface area contributed by atoms with Gasteiger partial charge in [-0.15, -0.1) is 0 Å². The van der Waals surface area contributed by atoms with Crippen LogP contribution in [-0.4, -0.2) is 32.0 Å². The molecule has 1 aliphatic heterocycles. The maximum absolute atomic E-state index is 15.1. The molecule has 5 rings (SSSR count). The second kappa shape index (κ2) is 7.28. The molecule has 8 heteroatoms. The first-order valence-electron chi connectivity index (χ1n) is 10.1. The number of aromatic nitrogens is 4. The van der Waals surface area contributed by atoms with Gasteiger partial charge in [-0.2, -0.15) is 0 Å². The minimum absolute atomic E-state index is 0.00413. The highest BCUT2D eigenvalue weighted by molar-refractivity contribution is 5.84. The van der Waals surface area contributed by atoms with Gasteiger partial charge < -0.3 is 9.72 Å². The first-order chi connectivity index (χ1) is 14.5. The molecule has 0 bridgehead atoms. The fourth-order valence-corrected chi connectivity index (χ4v) is 4.25. The van der Waals surface area contributed by atoms with Crippen LogP contribution in [0.1, 0.15) is 31.0 Å². The summed E-state index contributed by atoms with van der Waals surface area (Å²) >= 11 is 0. The van der Waals surface area contributed by atoms with Crippen molar-refractivity contribution in [3.05, 3.63) is 64.6 Å². The van der Waals surface area contributed by atoms with Gasteiger partial charge in [0.05, 0.1) is 17.5 Å². The van der Waals surface area contributed by atoms with Crippen molar-refractivity contribution in [3.63, 3.8) is 0 Å². The second-order valence-corrected chi connectivity index (χ2v) is 7.83. The highest BCUT2D eigenvalue weighted by Gasteiger charge is 2.19. The van der Waals surface area contributed by atoms with Crippen molar-refractivity contribution in [3.8, 4) is 11.1 Å². The lowest BCUT2D eigenvalue weighted by molar-refractivity contribution is 0.439. The molecule has 0 amide bonds. The first kappa shape index (κ1) is 18.9.